The fourth-order valence-electron chi connectivity index (χ4n) is 2.70. The zero-order valence-electron chi connectivity index (χ0n) is 16.0. The monoisotopic (exact) mass is 427 g/mol. The number of halogens is 2. The van der Waals surface area contributed by atoms with Crippen LogP contribution in [0.3, 0.4) is 0 Å². The van der Waals surface area contributed by atoms with Gasteiger partial charge in [-0.3, -0.25) is 9.59 Å². The highest BCUT2D eigenvalue weighted by molar-refractivity contribution is 7.99. The van der Waals surface area contributed by atoms with Gasteiger partial charge in [0.15, 0.2) is 0 Å². The van der Waals surface area contributed by atoms with Gasteiger partial charge in [0.1, 0.15) is 0 Å². The quantitative estimate of drug-likeness (QED) is 0.407. The Labute approximate surface area is 176 Å². The largest absolute Gasteiger partial charge is 0.355 e. The van der Waals surface area contributed by atoms with Gasteiger partial charge >= 0.3 is 0 Å². The first kappa shape index (κ1) is 21.3. The number of hydrogen-bond acceptors (Lipinski definition) is 4. The van der Waals surface area contributed by atoms with Gasteiger partial charge in [0, 0.05) is 28.9 Å². The minimum Gasteiger partial charge on any atom is -0.355 e. The maximum atomic E-state index is 12.8. The van der Waals surface area contributed by atoms with E-state index in [9.17, 15) is 18.4 Å². The van der Waals surface area contributed by atoms with Crippen LogP contribution in [0.1, 0.15) is 17.3 Å². The molecule has 0 aliphatic rings. The van der Waals surface area contributed by atoms with Gasteiger partial charge in [-0.2, -0.15) is 8.78 Å². The fourth-order valence-corrected chi connectivity index (χ4v) is 3.20. The molecule has 0 saturated carbocycles. The summed E-state index contributed by atoms with van der Waals surface area (Å²) >= 11 is 0.478. The molecule has 0 aliphatic heterocycles. The van der Waals surface area contributed by atoms with Crippen LogP contribution in [0.25, 0.3) is 0 Å². The summed E-state index contributed by atoms with van der Waals surface area (Å²) in [5.41, 5.74) is 2.90. The molecular formula is C22H19F2N3O2S. The predicted octanol–water partition coefficient (Wildman–Crippen LogP) is 5.96. The molecule has 0 radical (unpaired) electrons. The summed E-state index contributed by atoms with van der Waals surface area (Å²) in [7, 11) is 0. The van der Waals surface area contributed by atoms with Crippen LogP contribution in [0.15, 0.2) is 77.7 Å². The minimum absolute atomic E-state index is 0.174. The smallest absolute Gasteiger partial charge is 0.288 e. The molecule has 0 aliphatic carbocycles. The molecule has 0 aromatic heterocycles. The third-order valence-electron chi connectivity index (χ3n) is 3.99. The van der Waals surface area contributed by atoms with Crippen molar-refractivity contribution in [1.82, 2.24) is 0 Å². The number of alkyl halides is 2. The van der Waals surface area contributed by atoms with Crippen molar-refractivity contribution < 1.29 is 18.4 Å². The van der Waals surface area contributed by atoms with Gasteiger partial charge in [-0.15, -0.1) is 0 Å². The molecular weight excluding hydrogens is 408 g/mol. The molecule has 0 unspecified atom stereocenters. The number of amides is 2. The zero-order valence-corrected chi connectivity index (χ0v) is 16.8. The van der Waals surface area contributed by atoms with E-state index in [1.807, 2.05) is 0 Å². The molecule has 0 spiro atoms. The normalized spacial score (nSPS) is 10.5. The van der Waals surface area contributed by atoms with Crippen molar-refractivity contribution in [3.63, 3.8) is 0 Å². The Kier molecular flexibility index (Phi) is 7.03. The first-order valence-electron chi connectivity index (χ1n) is 9.00. The van der Waals surface area contributed by atoms with E-state index < -0.39 is 5.76 Å². The van der Waals surface area contributed by atoms with E-state index in [-0.39, 0.29) is 11.8 Å². The number of para-hydroxylation sites is 1. The molecule has 0 heterocycles. The van der Waals surface area contributed by atoms with Crippen molar-refractivity contribution in [2.24, 2.45) is 0 Å². The second-order valence-corrected chi connectivity index (χ2v) is 7.35. The molecule has 0 saturated heterocycles. The van der Waals surface area contributed by atoms with Crippen molar-refractivity contribution in [2.75, 3.05) is 16.0 Å². The second kappa shape index (κ2) is 9.89. The molecule has 3 aromatic carbocycles. The van der Waals surface area contributed by atoms with Crippen molar-refractivity contribution in [1.29, 1.82) is 0 Å². The van der Waals surface area contributed by atoms with Crippen molar-refractivity contribution in [3.05, 3.63) is 78.4 Å². The van der Waals surface area contributed by atoms with E-state index in [1.165, 1.54) is 6.92 Å². The lowest BCUT2D eigenvalue weighted by atomic mass is 10.1. The predicted molar refractivity (Wildman–Crippen MR) is 117 cm³/mol. The second-order valence-electron chi connectivity index (χ2n) is 6.29. The maximum absolute atomic E-state index is 12.8. The van der Waals surface area contributed by atoms with Crippen molar-refractivity contribution in [2.45, 2.75) is 17.6 Å². The Morgan fingerprint density at radius 1 is 0.800 bits per heavy atom. The van der Waals surface area contributed by atoms with Crippen LogP contribution in [0.2, 0.25) is 0 Å². The first-order valence-corrected chi connectivity index (χ1v) is 9.88. The van der Waals surface area contributed by atoms with Gasteiger partial charge in [-0.1, -0.05) is 23.9 Å². The van der Waals surface area contributed by atoms with Gasteiger partial charge in [0.05, 0.1) is 11.3 Å². The fraction of sp³-hybridized carbons (Fsp3) is 0.0909. The minimum atomic E-state index is -2.47. The molecule has 3 aromatic rings. The molecule has 5 nitrogen and oxygen atoms in total. The average Bonchev–Trinajstić information content (AvgIpc) is 2.70. The van der Waals surface area contributed by atoms with Gasteiger partial charge in [0.2, 0.25) is 5.91 Å². The number of benzene rings is 3. The molecule has 3 rings (SSSR count). The number of anilines is 4. The maximum Gasteiger partial charge on any atom is 0.288 e. The molecule has 3 N–H and O–H groups in total. The van der Waals surface area contributed by atoms with Crippen LogP contribution in [-0.2, 0) is 4.79 Å². The summed E-state index contributed by atoms with van der Waals surface area (Å²) in [6.45, 7) is 1.42. The molecule has 0 atom stereocenters. The third kappa shape index (κ3) is 6.05. The summed E-state index contributed by atoms with van der Waals surface area (Å²) in [6.07, 6.45) is 0. The number of carbonyl (C=O) groups is 2. The Balaban J connectivity index is 1.71. The summed E-state index contributed by atoms with van der Waals surface area (Å²) in [4.78, 5) is 24.3. The lowest BCUT2D eigenvalue weighted by Crippen LogP contribution is -2.14. The van der Waals surface area contributed by atoms with Gasteiger partial charge < -0.3 is 16.0 Å². The number of carbonyl (C=O) groups excluding carboxylic acids is 2. The van der Waals surface area contributed by atoms with Crippen LogP contribution >= 0.6 is 11.8 Å². The molecule has 0 bridgehead atoms. The Morgan fingerprint density at radius 3 is 1.97 bits per heavy atom. The number of hydrogen-bond donors (Lipinski definition) is 3. The van der Waals surface area contributed by atoms with Crippen molar-refractivity contribution in [3.8, 4) is 0 Å². The molecule has 2 amide bonds. The van der Waals surface area contributed by atoms with Gasteiger partial charge in [-0.05, 0) is 60.7 Å². The lowest BCUT2D eigenvalue weighted by Gasteiger charge is -2.13. The standard InChI is InChI=1S/C22H19F2N3O2S/c1-14(28)25-15-6-8-17(9-7-15)27-21(29)19-4-2-3-5-20(19)26-16-10-12-18(13-11-16)30-22(23)24/h2-13,22,26H,1H3,(H,25,28)(H,27,29). The highest BCUT2D eigenvalue weighted by Crippen LogP contribution is 2.28. The molecule has 0 fully saturated rings. The topological polar surface area (TPSA) is 70.2 Å². The van der Waals surface area contributed by atoms with E-state index in [2.05, 4.69) is 16.0 Å². The van der Waals surface area contributed by atoms with E-state index in [4.69, 9.17) is 0 Å². The molecule has 30 heavy (non-hydrogen) atoms. The first-order chi connectivity index (χ1) is 14.4. The van der Waals surface area contributed by atoms with Gasteiger partial charge in [-0.25, -0.2) is 0 Å². The summed E-state index contributed by atoms with van der Waals surface area (Å²) < 4.78 is 24.9. The Hall–Kier alpha value is -3.39. The van der Waals surface area contributed by atoms with Crippen LogP contribution in [-0.4, -0.2) is 17.6 Å². The third-order valence-corrected chi connectivity index (χ3v) is 4.72. The SMILES string of the molecule is CC(=O)Nc1ccc(NC(=O)c2ccccc2Nc2ccc(SC(F)F)cc2)cc1. The van der Waals surface area contributed by atoms with E-state index in [0.29, 0.717) is 45.0 Å². The van der Waals surface area contributed by atoms with Crippen LogP contribution in [0.4, 0.5) is 31.5 Å². The highest BCUT2D eigenvalue weighted by Gasteiger charge is 2.12. The van der Waals surface area contributed by atoms with Gasteiger partial charge in [0.25, 0.3) is 11.7 Å². The Bertz CT molecular complexity index is 1030. The van der Waals surface area contributed by atoms with Crippen LogP contribution in [0.5, 0.6) is 0 Å². The zero-order chi connectivity index (χ0) is 21.5. The summed E-state index contributed by atoms with van der Waals surface area (Å²) in [5, 5.41) is 8.63. The van der Waals surface area contributed by atoms with E-state index >= 15 is 0 Å². The van der Waals surface area contributed by atoms with Crippen molar-refractivity contribution >= 4 is 46.3 Å². The van der Waals surface area contributed by atoms with E-state index in [1.54, 1.807) is 72.8 Å². The van der Waals surface area contributed by atoms with Crippen LogP contribution < -0.4 is 16.0 Å². The average molecular weight is 427 g/mol. The van der Waals surface area contributed by atoms with E-state index in [0.717, 1.165) is 0 Å². The molecule has 154 valence electrons. The molecule has 8 heteroatoms. The number of nitrogens with one attached hydrogen (secondary N) is 3. The number of thioether (sulfide) groups is 1. The highest BCUT2D eigenvalue weighted by atomic mass is 32.2. The lowest BCUT2D eigenvalue weighted by molar-refractivity contribution is -0.114. The number of rotatable bonds is 7. The summed E-state index contributed by atoms with van der Waals surface area (Å²) in [5.74, 6) is -2.96. The summed E-state index contributed by atoms with van der Waals surface area (Å²) in [6, 6.07) is 20.3. The van der Waals surface area contributed by atoms with Crippen LogP contribution in [0, 0.1) is 0 Å². The Morgan fingerprint density at radius 2 is 1.37 bits per heavy atom.